The second-order valence-electron chi connectivity index (χ2n) is 5.72. The van der Waals surface area contributed by atoms with E-state index in [1.54, 1.807) is 0 Å². The fraction of sp³-hybridized carbons (Fsp3) is 0.316. The van der Waals surface area contributed by atoms with E-state index in [0.717, 1.165) is 25.0 Å². The second kappa shape index (κ2) is 8.99. The Balaban J connectivity index is 2.17. The smallest absolute Gasteiger partial charge is 0.416 e. The third-order valence-electron chi connectivity index (χ3n) is 3.71. The van der Waals surface area contributed by atoms with Crippen molar-refractivity contribution in [3.8, 4) is 11.5 Å². The number of benzene rings is 2. The van der Waals surface area contributed by atoms with Crippen LogP contribution in [0.15, 0.2) is 36.4 Å². The van der Waals surface area contributed by atoms with Crippen LogP contribution >= 0.6 is 11.6 Å². The first kappa shape index (κ1) is 20.9. The summed E-state index contributed by atoms with van der Waals surface area (Å²) in [5.74, 6) is 0.116. The molecule has 4 nitrogen and oxygen atoms in total. The number of carbonyl (C=O) groups is 1. The molecule has 0 aromatic heterocycles. The summed E-state index contributed by atoms with van der Waals surface area (Å²) in [6, 6.07) is 7.04. The SMILES string of the molecule is CCCCOc1c(Cl)cc(C(=O)Nc2ccc(C(F)(F)F)cc2)cc1OC. The lowest BCUT2D eigenvalue weighted by molar-refractivity contribution is -0.137. The Morgan fingerprint density at radius 3 is 2.41 bits per heavy atom. The summed E-state index contributed by atoms with van der Waals surface area (Å²) >= 11 is 6.20. The number of hydrogen-bond donors (Lipinski definition) is 1. The number of methoxy groups -OCH3 is 1. The fourth-order valence-electron chi connectivity index (χ4n) is 2.26. The number of ether oxygens (including phenoxy) is 2. The maximum atomic E-state index is 12.6. The molecule has 0 unspecified atom stereocenters. The van der Waals surface area contributed by atoms with Gasteiger partial charge in [0.25, 0.3) is 5.91 Å². The van der Waals surface area contributed by atoms with Crippen molar-refractivity contribution in [1.29, 1.82) is 0 Å². The highest BCUT2D eigenvalue weighted by molar-refractivity contribution is 6.32. The van der Waals surface area contributed by atoms with Crippen molar-refractivity contribution in [1.82, 2.24) is 0 Å². The van der Waals surface area contributed by atoms with Gasteiger partial charge in [-0.3, -0.25) is 4.79 Å². The van der Waals surface area contributed by atoms with Crippen LogP contribution in [0.1, 0.15) is 35.7 Å². The lowest BCUT2D eigenvalue weighted by Crippen LogP contribution is -2.13. The van der Waals surface area contributed by atoms with E-state index in [0.29, 0.717) is 18.1 Å². The van der Waals surface area contributed by atoms with Crippen molar-refractivity contribution in [2.24, 2.45) is 0 Å². The first-order valence-electron chi connectivity index (χ1n) is 8.25. The van der Waals surface area contributed by atoms with Gasteiger partial charge < -0.3 is 14.8 Å². The summed E-state index contributed by atoms with van der Waals surface area (Å²) in [5.41, 5.74) is -0.371. The molecule has 0 radical (unpaired) electrons. The molecule has 2 rings (SSSR count). The standard InChI is InChI=1S/C19H19ClF3NO3/c1-3-4-9-27-17-15(20)10-12(11-16(17)26-2)18(25)24-14-7-5-13(6-8-14)19(21,22)23/h5-8,10-11H,3-4,9H2,1-2H3,(H,24,25). The minimum absolute atomic E-state index is 0.194. The van der Waals surface area contributed by atoms with E-state index in [1.807, 2.05) is 6.92 Å². The fourth-order valence-corrected chi connectivity index (χ4v) is 2.52. The van der Waals surface area contributed by atoms with Crippen LogP contribution in [0, 0.1) is 0 Å². The molecule has 2 aromatic rings. The normalized spacial score (nSPS) is 11.2. The van der Waals surface area contributed by atoms with Gasteiger partial charge in [0.1, 0.15) is 0 Å². The third-order valence-corrected chi connectivity index (χ3v) is 3.99. The van der Waals surface area contributed by atoms with E-state index in [2.05, 4.69) is 5.32 Å². The van der Waals surface area contributed by atoms with E-state index in [-0.39, 0.29) is 16.3 Å². The molecule has 0 aliphatic carbocycles. The Kier molecular flexibility index (Phi) is 6.96. The first-order chi connectivity index (χ1) is 12.8. The largest absolute Gasteiger partial charge is 0.493 e. The summed E-state index contributed by atoms with van der Waals surface area (Å²) in [7, 11) is 1.43. The number of alkyl halides is 3. The Bertz CT molecular complexity index is 792. The molecule has 0 saturated carbocycles. The Morgan fingerprint density at radius 2 is 1.85 bits per heavy atom. The zero-order valence-corrected chi connectivity index (χ0v) is 15.6. The van der Waals surface area contributed by atoms with Crippen LogP contribution in [-0.4, -0.2) is 19.6 Å². The molecule has 27 heavy (non-hydrogen) atoms. The van der Waals surface area contributed by atoms with Gasteiger partial charge in [-0.1, -0.05) is 24.9 Å². The number of rotatable bonds is 7. The van der Waals surface area contributed by atoms with Gasteiger partial charge in [-0.25, -0.2) is 0 Å². The van der Waals surface area contributed by atoms with Gasteiger partial charge in [0.15, 0.2) is 11.5 Å². The molecule has 0 aliphatic heterocycles. The van der Waals surface area contributed by atoms with Crippen molar-refractivity contribution in [3.63, 3.8) is 0 Å². The Morgan fingerprint density at radius 1 is 1.19 bits per heavy atom. The van der Waals surface area contributed by atoms with Crippen LogP contribution in [0.3, 0.4) is 0 Å². The number of unbranched alkanes of at least 4 members (excludes halogenated alkanes) is 1. The molecule has 8 heteroatoms. The highest BCUT2D eigenvalue weighted by atomic mass is 35.5. The molecule has 146 valence electrons. The first-order valence-corrected chi connectivity index (χ1v) is 8.63. The van der Waals surface area contributed by atoms with Crippen molar-refractivity contribution >= 4 is 23.2 Å². The number of anilines is 1. The van der Waals surface area contributed by atoms with Crippen molar-refractivity contribution in [3.05, 3.63) is 52.5 Å². The molecule has 0 fully saturated rings. The van der Waals surface area contributed by atoms with Gasteiger partial charge in [0, 0.05) is 11.3 Å². The number of halogens is 4. The van der Waals surface area contributed by atoms with E-state index in [4.69, 9.17) is 21.1 Å². The predicted molar refractivity (Wildman–Crippen MR) is 97.8 cm³/mol. The second-order valence-corrected chi connectivity index (χ2v) is 6.13. The zero-order valence-electron chi connectivity index (χ0n) is 14.8. The van der Waals surface area contributed by atoms with Crippen LogP contribution in [0.2, 0.25) is 5.02 Å². The summed E-state index contributed by atoms with van der Waals surface area (Å²) in [5, 5.41) is 2.74. The van der Waals surface area contributed by atoms with Gasteiger partial charge >= 0.3 is 6.18 Å². The third kappa shape index (κ3) is 5.53. The van der Waals surface area contributed by atoms with Crippen LogP contribution in [0.5, 0.6) is 11.5 Å². The van der Waals surface area contributed by atoms with Gasteiger partial charge in [-0.05, 0) is 42.8 Å². The summed E-state index contributed by atoms with van der Waals surface area (Å²) in [4.78, 5) is 12.4. The lowest BCUT2D eigenvalue weighted by atomic mass is 10.1. The minimum atomic E-state index is -4.43. The molecule has 2 aromatic carbocycles. The average Bonchev–Trinajstić information content (AvgIpc) is 2.62. The Labute approximate surface area is 160 Å². The molecule has 0 bridgehead atoms. The molecule has 0 atom stereocenters. The quantitative estimate of drug-likeness (QED) is 0.596. The monoisotopic (exact) mass is 401 g/mol. The number of carbonyl (C=O) groups excluding carboxylic acids is 1. The zero-order chi connectivity index (χ0) is 20.0. The molecular weight excluding hydrogens is 383 g/mol. The van der Waals surface area contributed by atoms with Crippen molar-refractivity contribution in [2.75, 3.05) is 19.0 Å². The lowest BCUT2D eigenvalue weighted by Gasteiger charge is -2.14. The van der Waals surface area contributed by atoms with E-state index < -0.39 is 17.6 Å². The summed E-state index contributed by atoms with van der Waals surface area (Å²) < 4.78 is 48.6. The topological polar surface area (TPSA) is 47.6 Å². The van der Waals surface area contributed by atoms with Gasteiger partial charge in [-0.2, -0.15) is 13.2 Å². The van der Waals surface area contributed by atoms with Crippen molar-refractivity contribution in [2.45, 2.75) is 25.9 Å². The summed E-state index contributed by atoms with van der Waals surface area (Å²) in [6.45, 7) is 2.49. The highest BCUT2D eigenvalue weighted by Crippen LogP contribution is 2.37. The number of hydrogen-bond acceptors (Lipinski definition) is 3. The Hall–Kier alpha value is -2.41. The number of amides is 1. The molecule has 1 N–H and O–H groups in total. The van der Waals surface area contributed by atoms with Gasteiger partial charge in [0.05, 0.1) is 24.3 Å². The van der Waals surface area contributed by atoms with E-state index >= 15 is 0 Å². The predicted octanol–water partition coefficient (Wildman–Crippen LogP) is 5.80. The average molecular weight is 402 g/mol. The van der Waals surface area contributed by atoms with E-state index in [9.17, 15) is 18.0 Å². The van der Waals surface area contributed by atoms with Crippen molar-refractivity contribution < 1.29 is 27.4 Å². The molecule has 1 amide bonds. The van der Waals surface area contributed by atoms with Gasteiger partial charge in [0.2, 0.25) is 0 Å². The minimum Gasteiger partial charge on any atom is -0.493 e. The maximum absolute atomic E-state index is 12.6. The maximum Gasteiger partial charge on any atom is 0.416 e. The van der Waals surface area contributed by atoms with Crippen LogP contribution in [0.25, 0.3) is 0 Å². The molecule has 0 saturated heterocycles. The molecule has 0 aliphatic rings. The molecular formula is C19H19ClF3NO3. The molecule has 0 heterocycles. The highest BCUT2D eigenvalue weighted by Gasteiger charge is 2.30. The van der Waals surface area contributed by atoms with Gasteiger partial charge in [-0.15, -0.1) is 0 Å². The van der Waals surface area contributed by atoms with Crippen LogP contribution < -0.4 is 14.8 Å². The van der Waals surface area contributed by atoms with E-state index in [1.165, 1.54) is 31.4 Å². The summed E-state index contributed by atoms with van der Waals surface area (Å²) in [6.07, 6.45) is -2.64. The molecule has 0 spiro atoms. The van der Waals surface area contributed by atoms with Crippen LogP contribution in [-0.2, 0) is 6.18 Å². The number of nitrogens with one attached hydrogen (secondary N) is 1. The van der Waals surface area contributed by atoms with Crippen LogP contribution in [0.4, 0.5) is 18.9 Å².